The van der Waals surface area contributed by atoms with Crippen molar-refractivity contribution in [3.8, 4) is 5.75 Å². The van der Waals surface area contributed by atoms with E-state index in [0.717, 1.165) is 0 Å². The smallest absolute Gasteiger partial charge is 0.266 e. The van der Waals surface area contributed by atoms with Gasteiger partial charge in [0.25, 0.3) is 5.91 Å². The molecule has 0 bridgehead atoms. The van der Waals surface area contributed by atoms with Crippen molar-refractivity contribution in [2.24, 2.45) is 0 Å². The van der Waals surface area contributed by atoms with Crippen molar-refractivity contribution in [3.63, 3.8) is 0 Å². The molecule has 1 amide bonds. The van der Waals surface area contributed by atoms with Crippen molar-refractivity contribution >= 4 is 23.3 Å². The Kier molecular flexibility index (Phi) is 4.36. The highest BCUT2D eigenvalue weighted by atomic mass is 35.5. The Morgan fingerprint density at radius 3 is 2.84 bits per heavy atom. The lowest BCUT2D eigenvalue weighted by Gasteiger charge is -2.14. The van der Waals surface area contributed by atoms with Crippen molar-refractivity contribution in [2.75, 3.05) is 5.32 Å². The number of amides is 1. The molecule has 4 nitrogen and oxygen atoms in total. The Balaban J connectivity index is 1.96. The van der Waals surface area contributed by atoms with Gasteiger partial charge in [-0.1, -0.05) is 23.7 Å². The number of carbonyl (C=O) groups is 1. The molecule has 1 N–H and O–H groups in total. The predicted molar refractivity (Wildman–Crippen MR) is 74.4 cm³/mol. The number of nitrogens with one attached hydrogen (secondary N) is 1. The highest BCUT2D eigenvalue weighted by molar-refractivity contribution is 6.30. The van der Waals surface area contributed by atoms with Crippen LogP contribution in [0.2, 0.25) is 5.02 Å². The summed E-state index contributed by atoms with van der Waals surface area (Å²) in [6.45, 7) is 1.67. The number of ether oxygens (including phenoxy) is 1. The van der Waals surface area contributed by atoms with E-state index in [1.807, 2.05) is 0 Å². The minimum atomic E-state index is -0.638. The van der Waals surface area contributed by atoms with E-state index in [4.69, 9.17) is 16.3 Å². The lowest BCUT2D eigenvalue weighted by molar-refractivity contribution is -0.122. The van der Waals surface area contributed by atoms with Gasteiger partial charge in [0.2, 0.25) is 0 Å². The topological polar surface area (TPSA) is 51.2 Å². The second-order valence-electron chi connectivity index (χ2n) is 3.92. The second-order valence-corrected chi connectivity index (χ2v) is 4.36. The Labute approximate surface area is 116 Å². The van der Waals surface area contributed by atoms with E-state index in [-0.39, 0.29) is 5.91 Å². The van der Waals surface area contributed by atoms with Crippen LogP contribution in [0.4, 0.5) is 5.82 Å². The Bertz CT molecular complexity index is 560. The Morgan fingerprint density at radius 2 is 2.16 bits per heavy atom. The summed E-state index contributed by atoms with van der Waals surface area (Å²) in [4.78, 5) is 15.9. The molecule has 0 aliphatic rings. The summed E-state index contributed by atoms with van der Waals surface area (Å²) in [5, 5.41) is 3.23. The monoisotopic (exact) mass is 276 g/mol. The van der Waals surface area contributed by atoms with Crippen LogP contribution in [-0.4, -0.2) is 17.0 Å². The van der Waals surface area contributed by atoms with E-state index < -0.39 is 6.10 Å². The Hall–Kier alpha value is -2.07. The summed E-state index contributed by atoms with van der Waals surface area (Å²) in [7, 11) is 0. The molecule has 0 unspecified atom stereocenters. The fraction of sp³-hybridized carbons (Fsp3) is 0.143. The number of anilines is 1. The van der Waals surface area contributed by atoms with Gasteiger partial charge in [-0.3, -0.25) is 4.79 Å². The maximum Gasteiger partial charge on any atom is 0.266 e. The molecule has 0 fully saturated rings. The molecule has 1 aromatic carbocycles. The SMILES string of the molecule is C[C@@H](Oc1cccc(Cl)c1)C(=O)Nc1ccccn1. The van der Waals surface area contributed by atoms with Gasteiger partial charge in [0.1, 0.15) is 11.6 Å². The third-order valence-electron chi connectivity index (χ3n) is 2.39. The van der Waals surface area contributed by atoms with Crippen LogP contribution in [0, 0.1) is 0 Å². The molecule has 98 valence electrons. The van der Waals surface area contributed by atoms with Crippen molar-refractivity contribution < 1.29 is 9.53 Å². The number of rotatable bonds is 4. The summed E-state index contributed by atoms with van der Waals surface area (Å²) in [6, 6.07) is 12.2. The van der Waals surface area contributed by atoms with Gasteiger partial charge in [0.05, 0.1) is 0 Å². The van der Waals surface area contributed by atoms with E-state index in [1.165, 1.54) is 0 Å². The summed E-state index contributed by atoms with van der Waals surface area (Å²) in [5.74, 6) is 0.781. The van der Waals surface area contributed by atoms with Gasteiger partial charge in [0.15, 0.2) is 6.10 Å². The lowest BCUT2D eigenvalue weighted by atomic mass is 10.3. The van der Waals surface area contributed by atoms with Crippen LogP contribution in [0.5, 0.6) is 5.75 Å². The number of benzene rings is 1. The molecule has 0 aliphatic carbocycles. The molecule has 19 heavy (non-hydrogen) atoms. The normalized spacial score (nSPS) is 11.7. The standard InChI is InChI=1S/C14H13ClN2O2/c1-10(19-12-6-4-5-11(15)9-12)14(18)17-13-7-2-3-8-16-13/h2-10H,1H3,(H,16,17,18)/t10-/m1/s1. The highest BCUT2D eigenvalue weighted by Crippen LogP contribution is 2.18. The minimum Gasteiger partial charge on any atom is -0.481 e. The van der Waals surface area contributed by atoms with Crippen LogP contribution in [0.25, 0.3) is 0 Å². The van der Waals surface area contributed by atoms with Gasteiger partial charge in [-0.05, 0) is 37.3 Å². The number of aromatic nitrogens is 1. The van der Waals surface area contributed by atoms with Gasteiger partial charge in [-0.2, -0.15) is 0 Å². The first-order valence-corrected chi connectivity index (χ1v) is 6.17. The highest BCUT2D eigenvalue weighted by Gasteiger charge is 2.15. The number of hydrogen-bond acceptors (Lipinski definition) is 3. The number of carbonyl (C=O) groups excluding carboxylic acids is 1. The first kappa shape index (κ1) is 13.4. The number of nitrogens with zero attached hydrogens (tertiary/aromatic N) is 1. The zero-order valence-corrected chi connectivity index (χ0v) is 11.1. The largest absolute Gasteiger partial charge is 0.481 e. The van der Waals surface area contributed by atoms with Gasteiger partial charge < -0.3 is 10.1 Å². The molecule has 0 aliphatic heterocycles. The summed E-state index contributed by atoms with van der Waals surface area (Å²) < 4.78 is 5.50. The second kappa shape index (κ2) is 6.20. The van der Waals surface area contributed by atoms with E-state index >= 15 is 0 Å². The average molecular weight is 277 g/mol. The van der Waals surface area contributed by atoms with E-state index in [0.29, 0.717) is 16.6 Å². The van der Waals surface area contributed by atoms with Crippen molar-refractivity contribution in [1.82, 2.24) is 4.98 Å². The zero-order valence-electron chi connectivity index (χ0n) is 10.3. The van der Waals surface area contributed by atoms with Gasteiger partial charge in [-0.25, -0.2) is 4.98 Å². The van der Waals surface area contributed by atoms with E-state index in [9.17, 15) is 4.79 Å². The van der Waals surface area contributed by atoms with Gasteiger partial charge in [-0.15, -0.1) is 0 Å². The third kappa shape index (κ3) is 3.96. The minimum absolute atomic E-state index is 0.265. The van der Waals surface area contributed by atoms with Crippen molar-refractivity contribution in [1.29, 1.82) is 0 Å². The number of halogens is 1. The van der Waals surface area contributed by atoms with Crippen LogP contribution in [0.3, 0.4) is 0 Å². The first-order chi connectivity index (χ1) is 9.15. The van der Waals surface area contributed by atoms with E-state index in [1.54, 1.807) is 55.6 Å². The Morgan fingerprint density at radius 1 is 1.32 bits per heavy atom. The van der Waals surface area contributed by atoms with Gasteiger partial charge in [0, 0.05) is 11.2 Å². The maximum absolute atomic E-state index is 11.9. The van der Waals surface area contributed by atoms with Crippen LogP contribution < -0.4 is 10.1 Å². The molecule has 2 rings (SSSR count). The third-order valence-corrected chi connectivity index (χ3v) is 2.63. The van der Waals surface area contributed by atoms with Crippen LogP contribution in [-0.2, 0) is 4.79 Å². The number of pyridine rings is 1. The van der Waals surface area contributed by atoms with E-state index in [2.05, 4.69) is 10.3 Å². The molecule has 0 radical (unpaired) electrons. The van der Waals surface area contributed by atoms with Gasteiger partial charge >= 0.3 is 0 Å². The molecule has 1 aromatic heterocycles. The van der Waals surface area contributed by atoms with Crippen LogP contribution in [0.1, 0.15) is 6.92 Å². The van der Waals surface area contributed by atoms with Crippen molar-refractivity contribution in [2.45, 2.75) is 13.0 Å². The molecule has 5 heteroatoms. The maximum atomic E-state index is 11.9. The fourth-order valence-corrected chi connectivity index (χ4v) is 1.64. The molecular weight excluding hydrogens is 264 g/mol. The first-order valence-electron chi connectivity index (χ1n) is 5.79. The average Bonchev–Trinajstić information content (AvgIpc) is 2.40. The quantitative estimate of drug-likeness (QED) is 0.933. The fourth-order valence-electron chi connectivity index (χ4n) is 1.46. The molecular formula is C14H13ClN2O2. The summed E-state index contributed by atoms with van der Waals surface area (Å²) in [6.07, 6.45) is 0.971. The molecule has 0 saturated heterocycles. The van der Waals surface area contributed by atoms with Crippen molar-refractivity contribution in [3.05, 3.63) is 53.7 Å². The molecule has 0 spiro atoms. The lowest BCUT2D eigenvalue weighted by Crippen LogP contribution is -2.30. The predicted octanol–water partition coefficient (Wildman–Crippen LogP) is 3.14. The van der Waals surface area contributed by atoms with Crippen LogP contribution in [0.15, 0.2) is 48.7 Å². The summed E-state index contributed by atoms with van der Waals surface area (Å²) in [5.41, 5.74) is 0. The molecule has 0 saturated carbocycles. The van der Waals surface area contributed by atoms with Crippen LogP contribution >= 0.6 is 11.6 Å². The number of hydrogen-bond donors (Lipinski definition) is 1. The molecule has 1 heterocycles. The molecule has 2 aromatic rings. The molecule has 1 atom stereocenters. The zero-order chi connectivity index (χ0) is 13.7. The summed E-state index contributed by atoms with van der Waals surface area (Å²) >= 11 is 5.85.